The number of aryl methyl sites for hydroxylation is 2. The van der Waals surface area contributed by atoms with Gasteiger partial charge in [-0.05, 0) is 50.8 Å². The van der Waals surface area contributed by atoms with E-state index < -0.39 is 5.97 Å². The van der Waals surface area contributed by atoms with Gasteiger partial charge in [-0.2, -0.15) is 0 Å². The van der Waals surface area contributed by atoms with Crippen molar-refractivity contribution in [1.82, 2.24) is 4.90 Å². The van der Waals surface area contributed by atoms with Crippen molar-refractivity contribution in [2.24, 2.45) is 0 Å². The normalized spacial score (nSPS) is 16.9. The molecule has 21 heavy (non-hydrogen) atoms. The van der Waals surface area contributed by atoms with Crippen LogP contribution in [0.2, 0.25) is 0 Å². The smallest absolute Gasteiger partial charge is 0.303 e. The number of ether oxygens (including phenoxy) is 1. The van der Waals surface area contributed by atoms with E-state index in [-0.39, 0.29) is 12.5 Å². The summed E-state index contributed by atoms with van der Waals surface area (Å²) >= 11 is 0. The zero-order chi connectivity index (χ0) is 15.2. The van der Waals surface area contributed by atoms with Crippen LogP contribution in [-0.2, 0) is 4.79 Å². The Hall–Kier alpha value is -1.55. The minimum atomic E-state index is -0.705. The fourth-order valence-corrected chi connectivity index (χ4v) is 2.86. The maximum Gasteiger partial charge on any atom is 0.303 e. The molecule has 1 aromatic rings. The highest BCUT2D eigenvalue weighted by molar-refractivity contribution is 5.66. The largest absolute Gasteiger partial charge is 0.490 e. The van der Waals surface area contributed by atoms with Gasteiger partial charge in [0.05, 0.1) is 0 Å². The van der Waals surface area contributed by atoms with Gasteiger partial charge in [-0.1, -0.05) is 18.2 Å². The number of aliphatic carboxylic acids is 1. The lowest BCUT2D eigenvalue weighted by Crippen LogP contribution is -2.39. The highest BCUT2D eigenvalue weighted by atomic mass is 16.5. The number of carboxylic acid groups (broad SMARTS) is 1. The van der Waals surface area contributed by atoms with Crippen molar-refractivity contribution >= 4 is 5.97 Å². The predicted molar refractivity (Wildman–Crippen MR) is 82.9 cm³/mol. The summed E-state index contributed by atoms with van der Waals surface area (Å²) in [5, 5.41) is 8.66. The molecule has 1 aromatic carbocycles. The van der Waals surface area contributed by atoms with Crippen LogP contribution in [0.5, 0.6) is 5.75 Å². The van der Waals surface area contributed by atoms with Gasteiger partial charge >= 0.3 is 5.97 Å². The first-order chi connectivity index (χ1) is 10.1. The molecular weight excluding hydrogens is 266 g/mol. The molecule has 1 fully saturated rings. The zero-order valence-corrected chi connectivity index (χ0v) is 13.0. The monoisotopic (exact) mass is 291 g/mol. The molecule has 0 aromatic heterocycles. The molecule has 4 heteroatoms. The topological polar surface area (TPSA) is 49.8 Å². The van der Waals surface area contributed by atoms with Crippen LogP contribution < -0.4 is 4.74 Å². The van der Waals surface area contributed by atoms with Gasteiger partial charge in [-0.25, -0.2) is 0 Å². The molecule has 4 nitrogen and oxygen atoms in total. The van der Waals surface area contributed by atoms with E-state index in [4.69, 9.17) is 9.84 Å². The summed E-state index contributed by atoms with van der Waals surface area (Å²) in [5.41, 5.74) is 2.39. The second-order valence-electron chi connectivity index (χ2n) is 5.88. The van der Waals surface area contributed by atoms with Crippen molar-refractivity contribution in [2.45, 2.75) is 45.6 Å². The molecule has 116 valence electrons. The number of rotatable bonds is 6. The average molecular weight is 291 g/mol. The van der Waals surface area contributed by atoms with Crippen molar-refractivity contribution < 1.29 is 14.6 Å². The molecule has 1 aliphatic heterocycles. The summed E-state index contributed by atoms with van der Waals surface area (Å²) in [5.74, 6) is 0.324. The van der Waals surface area contributed by atoms with Crippen molar-refractivity contribution in [3.8, 4) is 5.75 Å². The van der Waals surface area contributed by atoms with E-state index in [1.54, 1.807) is 0 Å². The third kappa shape index (κ3) is 4.74. The first-order valence-corrected chi connectivity index (χ1v) is 7.73. The third-order valence-electron chi connectivity index (χ3n) is 4.09. The molecular formula is C17H25NO3. The van der Waals surface area contributed by atoms with Gasteiger partial charge in [0.2, 0.25) is 0 Å². The lowest BCUT2D eigenvalue weighted by molar-refractivity contribution is -0.137. The number of benzene rings is 1. The molecule has 0 unspecified atom stereocenters. The Morgan fingerprint density at radius 3 is 2.48 bits per heavy atom. The number of nitrogens with zero attached hydrogens (tertiary/aromatic N) is 1. The van der Waals surface area contributed by atoms with Gasteiger partial charge in [0.1, 0.15) is 11.9 Å². The number of hydrogen-bond donors (Lipinski definition) is 1. The standard InChI is InChI=1S/C17H25NO3/c1-13-5-3-6-14(2)17(13)21-15-8-11-18(12-9-15)10-4-7-16(19)20/h3,5-6,15H,4,7-12H2,1-2H3,(H,19,20). The van der Waals surface area contributed by atoms with Crippen molar-refractivity contribution in [3.05, 3.63) is 29.3 Å². The van der Waals surface area contributed by atoms with Crippen LogP contribution in [0, 0.1) is 13.8 Å². The number of likely N-dealkylation sites (tertiary alicyclic amines) is 1. The SMILES string of the molecule is Cc1cccc(C)c1OC1CCN(CCCC(=O)O)CC1. The van der Waals surface area contributed by atoms with Gasteiger partial charge in [-0.15, -0.1) is 0 Å². The van der Waals surface area contributed by atoms with Crippen LogP contribution in [0.15, 0.2) is 18.2 Å². The van der Waals surface area contributed by atoms with Crippen LogP contribution in [0.25, 0.3) is 0 Å². The Morgan fingerprint density at radius 1 is 1.29 bits per heavy atom. The Morgan fingerprint density at radius 2 is 1.90 bits per heavy atom. The van der Waals surface area contributed by atoms with Crippen molar-refractivity contribution in [1.29, 1.82) is 0 Å². The number of carboxylic acids is 1. The molecule has 1 saturated heterocycles. The summed E-state index contributed by atoms with van der Waals surface area (Å²) < 4.78 is 6.19. The Bertz CT molecular complexity index is 459. The molecule has 0 amide bonds. The van der Waals surface area contributed by atoms with Gasteiger partial charge in [0.25, 0.3) is 0 Å². The summed E-state index contributed by atoms with van der Waals surface area (Å²) in [7, 11) is 0. The maximum atomic E-state index is 10.5. The lowest BCUT2D eigenvalue weighted by atomic mass is 10.1. The van der Waals surface area contributed by atoms with Crippen LogP contribution >= 0.6 is 0 Å². The highest BCUT2D eigenvalue weighted by Gasteiger charge is 2.21. The molecule has 0 radical (unpaired) electrons. The summed E-state index contributed by atoms with van der Waals surface area (Å²) in [4.78, 5) is 12.9. The fourth-order valence-electron chi connectivity index (χ4n) is 2.86. The van der Waals surface area contributed by atoms with E-state index in [2.05, 4.69) is 36.9 Å². The van der Waals surface area contributed by atoms with Gasteiger partial charge in [0.15, 0.2) is 0 Å². The maximum absolute atomic E-state index is 10.5. The van der Waals surface area contributed by atoms with Crippen LogP contribution in [0.4, 0.5) is 0 Å². The molecule has 0 bridgehead atoms. The number of piperidine rings is 1. The third-order valence-corrected chi connectivity index (χ3v) is 4.09. The number of hydrogen-bond acceptors (Lipinski definition) is 3. The van der Waals surface area contributed by atoms with Gasteiger partial charge in [0, 0.05) is 19.5 Å². The first-order valence-electron chi connectivity index (χ1n) is 7.73. The molecule has 2 rings (SSSR count). The summed E-state index contributed by atoms with van der Waals surface area (Å²) in [6, 6.07) is 6.23. The molecule has 0 aliphatic carbocycles. The van der Waals surface area contributed by atoms with E-state index in [0.717, 1.165) is 44.6 Å². The molecule has 0 spiro atoms. The molecule has 0 atom stereocenters. The Labute approximate surface area is 126 Å². The minimum absolute atomic E-state index is 0.263. The summed E-state index contributed by atoms with van der Waals surface area (Å²) in [6.45, 7) is 7.04. The Kier molecular flexibility index (Phi) is 5.62. The zero-order valence-electron chi connectivity index (χ0n) is 13.0. The minimum Gasteiger partial charge on any atom is -0.490 e. The van der Waals surface area contributed by atoms with Crippen molar-refractivity contribution in [2.75, 3.05) is 19.6 Å². The molecule has 1 aliphatic rings. The van der Waals surface area contributed by atoms with E-state index in [0.29, 0.717) is 0 Å². The second-order valence-corrected chi connectivity index (χ2v) is 5.88. The van der Waals surface area contributed by atoms with Crippen molar-refractivity contribution in [3.63, 3.8) is 0 Å². The molecule has 1 heterocycles. The second kappa shape index (κ2) is 7.46. The van der Waals surface area contributed by atoms with Crippen LogP contribution in [-0.4, -0.2) is 41.7 Å². The molecule has 1 N–H and O–H groups in total. The van der Waals surface area contributed by atoms with E-state index in [1.165, 1.54) is 11.1 Å². The Balaban J connectivity index is 1.78. The quantitative estimate of drug-likeness (QED) is 0.875. The van der Waals surface area contributed by atoms with E-state index in [9.17, 15) is 4.79 Å². The van der Waals surface area contributed by atoms with Crippen LogP contribution in [0.3, 0.4) is 0 Å². The van der Waals surface area contributed by atoms with E-state index in [1.807, 2.05) is 0 Å². The van der Waals surface area contributed by atoms with E-state index >= 15 is 0 Å². The number of carbonyl (C=O) groups is 1. The lowest BCUT2D eigenvalue weighted by Gasteiger charge is -2.32. The predicted octanol–water partition coefficient (Wildman–Crippen LogP) is 3.01. The fraction of sp³-hybridized carbons (Fsp3) is 0.588. The van der Waals surface area contributed by atoms with Gasteiger partial charge in [-0.3, -0.25) is 4.79 Å². The highest BCUT2D eigenvalue weighted by Crippen LogP contribution is 2.26. The average Bonchev–Trinajstić information content (AvgIpc) is 2.44. The summed E-state index contributed by atoms with van der Waals surface area (Å²) in [6.07, 6.45) is 3.30. The number of para-hydroxylation sites is 1. The van der Waals surface area contributed by atoms with Gasteiger partial charge < -0.3 is 14.7 Å². The van der Waals surface area contributed by atoms with Crippen LogP contribution in [0.1, 0.15) is 36.8 Å². The first kappa shape index (κ1) is 15.8. The molecule has 0 saturated carbocycles.